The van der Waals surface area contributed by atoms with Gasteiger partial charge in [-0.25, -0.2) is 4.99 Å². The van der Waals surface area contributed by atoms with Gasteiger partial charge in [0.15, 0.2) is 11.5 Å². The number of aliphatic imine (C=N–C) groups is 1. The fraction of sp³-hybridized carbons (Fsp3) is 0.188. The van der Waals surface area contributed by atoms with Crippen LogP contribution in [0.3, 0.4) is 0 Å². The Kier molecular flexibility index (Phi) is 3.64. The molecule has 5 heteroatoms. The molecule has 1 heterocycles. The van der Waals surface area contributed by atoms with Gasteiger partial charge in [-0.1, -0.05) is 18.2 Å². The third kappa shape index (κ3) is 2.63. The second-order valence-electron chi connectivity index (χ2n) is 4.47. The third-order valence-electron chi connectivity index (χ3n) is 3.20. The Labute approximate surface area is 123 Å². The molecule has 0 unspecified atom stereocenters. The summed E-state index contributed by atoms with van der Waals surface area (Å²) in [5, 5.41) is 3.20. The highest BCUT2D eigenvalue weighted by atomic mass is 16.5. The minimum Gasteiger partial charge on any atom is -0.493 e. The lowest BCUT2D eigenvalue weighted by molar-refractivity contribution is 0.355. The summed E-state index contributed by atoms with van der Waals surface area (Å²) in [6, 6.07) is 13.3. The van der Waals surface area contributed by atoms with Crippen LogP contribution in [0.2, 0.25) is 0 Å². The van der Waals surface area contributed by atoms with Gasteiger partial charge in [0.2, 0.25) is 5.90 Å². The molecule has 0 bridgehead atoms. The molecule has 0 saturated carbocycles. The van der Waals surface area contributed by atoms with E-state index in [1.807, 2.05) is 42.5 Å². The van der Waals surface area contributed by atoms with Crippen molar-refractivity contribution < 1.29 is 14.2 Å². The highest BCUT2D eigenvalue weighted by molar-refractivity contribution is 6.02. The maximum Gasteiger partial charge on any atom is 0.226 e. The smallest absolute Gasteiger partial charge is 0.226 e. The maximum atomic E-state index is 5.87. The van der Waals surface area contributed by atoms with Gasteiger partial charge < -0.3 is 19.5 Å². The van der Waals surface area contributed by atoms with Crippen LogP contribution >= 0.6 is 0 Å². The van der Waals surface area contributed by atoms with Crippen molar-refractivity contribution >= 4 is 11.6 Å². The van der Waals surface area contributed by atoms with Crippen molar-refractivity contribution in [3.05, 3.63) is 48.0 Å². The molecular formula is C16H16N2O3. The number of nitrogens with zero attached hydrogens (tertiary/aromatic N) is 1. The predicted octanol–water partition coefficient (Wildman–Crippen LogP) is 2.91. The molecule has 2 aromatic rings. The van der Waals surface area contributed by atoms with E-state index in [4.69, 9.17) is 14.2 Å². The average Bonchev–Trinajstić information content (AvgIpc) is 2.55. The molecule has 21 heavy (non-hydrogen) atoms. The number of methoxy groups -OCH3 is 2. The Morgan fingerprint density at radius 3 is 2.43 bits per heavy atom. The number of anilines is 1. The van der Waals surface area contributed by atoms with Crippen LogP contribution in [-0.2, 0) is 0 Å². The van der Waals surface area contributed by atoms with Crippen LogP contribution in [0.4, 0.5) is 5.69 Å². The lowest BCUT2D eigenvalue weighted by atomic mass is 10.1. The standard InChI is InChI=1S/C16H16N2O3/c1-19-14-8-12-13(9-15(14)20-2)17-10-18-16(12)21-11-6-4-3-5-7-11/h3-9,17H,10H2,1-2H3. The molecule has 5 nitrogen and oxygen atoms in total. The minimum absolute atomic E-state index is 0.463. The summed E-state index contributed by atoms with van der Waals surface area (Å²) in [5.74, 6) is 2.63. The molecule has 0 saturated heterocycles. The molecule has 0 atom stereocenters. The molecular weight excluding hydrogens is 268 g/mol. The Hall–Kier alpha value is -2.69. The number of para-hydroxylation sites is 1. The quantitative estimate of drug-likeness (QED) is 0.941. The second-order valence-corrected chi connectivity index (χ2v) is 4.47. The first kappa shape index (κ1) is 13.3. The van der Waals surface area contributed by atoms with Gasteiger partial charge in [-0.2, -0.15) is 0 Å². The van der Waals surface area contributed by atoms with Crippen LogP contribution in [0.25, 0.3) is 0 Å². The minimum atomic E-state index is 0.463. The lowest BCUT2D eigenvalue weighted by Gasteiger charge is -2.20. The van der Waals surface area contributed by atoms with Crippen molar-refractivity contribution in [2.75, 3.05) is 26.2 Å². The Morgan fingerprint density at radius 2 is 1.71 bits per heavy atom. The average molecular weight is 284 g/mol. The van der Waals surface area contributed by atoms with E-state index in [-0.39, 0.29) is 0 Å². The van der Waals surface area contributed by atoms with Crippen molar-refractivity contribution in [1.29, 1.82) is 0 Å². The van der Waals surface area contributed by atoms with Gasteiger partial charge in [-0.15, -0.1) is 0 Å². The fourth-order valence-corrected chi connectivity index (χ4v) is 2.17. The zero-order chi connectivity index (χ0) is 14.7. The lowest BCUT2D eigenvalue weighted by Crippen LogP contribution is -2.20. The van der Waals surface area contributed by atoms with Crippen molar-refractivity contribution in [3.8, 4) is 17.2 Å². The second kappa shape index (κ2) is 5.75. The molecule has 1 N–H and O–H groups in total. The normalized spacial score (nSPS) is 12.8. The van der Waals surface area contributed by atoms with Crippen LogP contribution in [0, 0.1) is 0 Å². The van der Waals surface area contributed by atoms with Gasteiger partial charge >= 0.3 is 0 Å². The van der Waals surface area contributed by atoms with E-state index in [0.717, 1.165) is 17.0 Å². The van der Waals surface area contributed by atoms with Gasteiger partial charge in [0.1, 0.15) is 12.4 Å². The largest absolute Gasteiger partial charge is 0.493 e. The first-order valence-corrected chi connectivity index (χ1v) is 6.59. The molecule has 0 fully saturated rings. The number of fused-ring (bicyclic) bond motifs is 1. The first-order valence-electron chi connectivity index (χ1n) is 6.59. The van der Waals surface area contributed by atoms with Crippen LogP contribution in [0.15, 0.2) is 47.5 Å². The van der Waals surface area contributed by atoms with Gasteiger partial charge in [-0.05, 0) is 18.2 Å². The fourth-order valence-electron chi connectivity index (χ4n) is 2.17. The number of hydrogen-bond donors (Lipinski definition) is 1. The van der Waals surface area contributed by atoms with Crippen LogP contribution in [-0.4, -0.2) is 26.8 Å². The number of hydrogen-bond acceptors (Lipinski definition) is 5. The molecule has 1 aliphatic rings. The van der Waals surface area contributed by atoms with Crippen LogP contribution < -0.4 is 19.5 Å². The molecule has 0 amide bonds. The van der Waals surface area contributed by atoms with Gasteiger partial charge in [0, 0.05) is 6.07 Å². The summed E-state index contributed by atoms with van der Waals surface area (Å²) < 4.78 is 16.5. The number of rotatable bonds is 3. The number of benzene rings is 2. The molecule has 108 valence electrons. The van der Waals surface area contributed by atoms with Crippen LogP contribution in [0.5, 0.6) is 17.2 Å². The zero-order valence-electron chi connectivity index (χ0n) is 11.9. The maximum absolute atomic E-state index is 5.87. The van der Waals surface area contributed by atoms with Gasteiger partial charge in [0.05, 0.1) is 25.5 Å². The molecule has 0 spiro atoms. The summed E-state index contributed by atoms with van der Waals surface area (Å²) >= 11 is 0. The van der Waals surface area contributed by atoms with Crippen molar-refractivity contribution in [3.63, 3.8) is 0 Å². The molecule has 0 aromatic heterocycles. The van der Waals surface area contributed by atoms with Crippen molar-refractivity contribution in [2.24, 2.45) is 4.99 Å². The monoisotopic (exact) mass is 284 g/mol. The van der Waals surface area contributed by atoms with Crippen molar-refractivity contribution in [1.82, 2.24) is 0 Å². The molecule has 1 aliphatic heterocycles. The molecule has 3 rings (SSSR count). The Balaban J connectivity index is 1.97. The van der Waals surface area contributed by atoms with Gasteiger partial charge in [0.25, 0.3) is 0 Å². The van der Waals surface area contributed by atoms with Gasteiger partial charge in [-0.3, -0.25) is 0 Å². The highest BCUT2D eigenvalue weighted by Gasteiger charge is 2.19. The summed E-state index contributed by atoms with van der Waals surface area (Å²) in [6.45, 7) is 0.463. The molecule has 0 radical (unpaired) electrons. The van der Waals surface area contributed by atoms with E-state index in [1.165, 1.54) is 0 Å². The SMILES string of the molecule is COc1cc2c(cc1OC)C(Oc1ccccc1)=NCN2. The van der Waals surface area contributed by atoms with E-state index in [9.17, 15) is 0 Å². The third-order valence-corrected chi connectivity index (χ3v) is 3.20. The van der Waals surface area contributed by atoms with E-state index in [0.29, 0.717) is 24.1 Å². The van der Waals surface area contributed by atoms with E-state index in [1.54, 1.807) is 14.2 Å². The summed E-state index contributed by atoms with van der Waals surface area (Å²) in [6.07, 6.45) is 0. The zero-order valence-corrected chi connectivity index (χ0v) is 11.9. The predicted molar refractivity (Wildman–Crippen MR) is 81.6 cm³/mol. The first-order chi connectivity index (χ1) is 10.3. The number of ether oxygens (including phenoxy) is 3. The number of nitrogens with one attached hydrogen (secondary N) is 1. The Bertz CT molecular complexity index is 669. The highest BCUT2D eigenvalue weighted by Crippen LogP contribution is 2.35. The van der Waals surface area contributed by atoms with E-state index >= 15 is 0 Å². The molecule has 2 aromatic carbocycles. The Morgan fingerprint density at radius 1 is 1.00 bits per heavy atom. The summed E-state index contributed by atoms with van der Waals surface area (Å²) in [7, 11) is 3.22. The topological polar surface area (TPSA) is 52.1 Å². The summed E-state index contributed by atoms with van der Waals surface area (Å²) in [4.78, 5) is 4.38. The van der Waals surface area contributed by atoms with E-state index in [2.05, 4.69) is 10.3 Å². The van der Waals surface area contributed by atoms with E-state index < -0.39 is 0 Å². The molecule has 0 aliphatic carbocycles. The van der Waals surface area contributed by atoms with Crippen LogP contribution in [0.1, 0.15) is 5.56 Å². The summed E-state index contributed by atoms with van der Waals surface area (Å²) in [5.41, 5.74) is 1.76. The van der Waals surface area contributed by atoms with Crippen molar-refractivity contribution in [2.45, 2.75) is 0 Å².